The van der Waals surface area contributed by atoms with Crippen molar-refractivity contribution in [1.82, 2.24) is 19.1 Å². The van der Waals surface area contributed by atoms with Gasteiger partial charge in [-0.3, -0.25) is 9.89 Å². The largest absolute Gasteiger partial charge is 0.345 e. The first kappa shape index (κ1) is 22.3. The van der Waals surface area contributed by atoms with Gasteiger partial charge < -0.3 is 9.88 Å². The highest BCUT2D eigenvalue weighted by Gasteiger charge is 2.30. The van der Waals surface area contributed by atoms with Gasteiger partial charge in [0.25, 0.3) is 5.91 Å². The van der Waals surface area contributed by atoms with E-state index in [4.69, 9.17) is 23.8 Å². The number of H-pyrrole nitrogens is 1. The molecule has 0 saturated heterocycles. The zero-order chi connectivity index (χ0) is 23.2. The van der Waals surface area contributed by atoms with Gasteiger partial charge in [0.15, 0.2) is 10.6 Å². The number of aromatic nitrogens is 3. The molecule has 0 unspecified atom stereocenters. The van der Waals surface area contributed by atoms with Crippen LogP contribution in [0.25, 0.3) is 11.4 Å². The number of carbonyl (C=O) groups excluding carboxylic acids is 1. The van der Waals surface area contributed by atoms with Crippen molar-refractivity contribution < 1.29 is 17.6 Å². The fraction of sp³-hybridized carbons (Fsp3) is 0.111. The van der Waals surface area contributed by atoms with Gasteiger partial charge in [-0.25, -0.2) is 8.70 Å². The number of amides is 1. The molecule has 3 heterocycles. The lowest BCUT2D eigenvalue weighted by molar-refractivity contribution is -0.113. The lowest BCUT2D eigenvalue weighted by Gasteiger charge is -2.23. The summed E-state index contributed by atoms with van der Waals surface area (Å²) in [6, 6.07) is 5.34. The van der Waals surface area contributed by atoms with Crippen LogP contribution < -0.4 is 5.32 Å². The molecule has 9 nitrogen and oxygen atoms in total. The second-order valence-corrected chi connectivity index (χ2v) is 9.98. The maximum atomic E-state index is 13.4. The summed E-state index contributed by atoms with van der Waals surface area (Å²) < 4.78 is 45.2. The number of aromatic amines is 1. The molecule has 0 aliphatic carbocycles. The van der Waals surface area contributed by atoms with Crippen molar-refractivity contribution in [2.24, 2.45) is 11.4 Å². The molecule has 2 N–H and O–H groups in total. The van der Waals surface area contributed by atoms with Crippen LogP contribution in [0.5, 0.6) is 0 Å². The molecule has 1 aromatic carbocycles. The molecule has 0 bridgehead atoms. The summed E-state index contributed by atoms with van der Waals surface area (Å²) >= 11 is 12.1. The topological polar surface area (TPSA) is 112 Å². The summed E-state index contributed by atoms with van der Waals surface area (Å²) in [4.78, 5) is 13.3. The quantitative estimate of drug-likeness (QED) is 0.519. The second-order valence-electron chi connectivity index (χ2n) is 6.65. The van der Waals surface area contributed by atoms with Gasteiger partial charge in [-0.15, -0.1) is 15.7 Å². The van der Waals surface area contributed by atoms with Crippen LogP contribution in [0, 0.1) is 10.6 Å². The maximum Gasteiger partial charge on any atom is 0.345 e. The lowest BCUT2D eigenvalue weighted by atomic mass is 10.2. The predicted molar refractivity (Wildman–Crippen MR) is 123 cm³/mol. The zero-order valence-electron chi connectivity index (χ0n) is 16.5. The highest BCUT2D eigenvalue weighted by atomic mass is 35.5. The molecule has 1 aliphatic rings. The Kier molecular flexibility index (Phi) is 5.75. The van der Waals surface area contributed by atoms with Gasteiger partial charge in [-0.05, 0) is 42.6 Å². The zero-order valence-corrected chi connectivity index (χ0v) is 19.7. The maximum absolute atomic E-state index is 13.4. The number of carbonyl (C=O) groups is 1. The van der Waals surface area contributed by atoms with E-state index in [1.165, 1.54) is 36.6 Å². The van der Waals surface area contributed by atoms with Crippen LogP contribution in [-0.2, 0) is 22.1 Å². The first-order valence-corrected chi connectivity index (χ1v) is 11.9. The molecule has 0 atom stereocenters. The molecule has 1 amide bonds. The number of allylic oxidation sites excluding steroid dienone is 1. The smallest absolute Gasteiger partial charge is 0.321 e. The van der Waals surface area contributed by atoms with Gasteiger partial charge in [-0.1, -0.05) is 11.6 Å². The second kappa shape index (κ2) is 8.24. The minimum Gasteiger partial charge on any atom is -0.321 e. The van der Waals surface area contributed by atoms with E-state index in [2.05, 4.69) is 19.9 Å². The average molecular weight is 513 g/mol. The van der Waals surface area contributed by atoms with E-state index in [1.54, 1.807) is 23.1 Å². The molecule has 32 heavy (non-hydrogen) atoms. The minimum atomic E-state index is -4.15. The van der Waals surface area contributed by atoms with Gasteiger partial charge >= 0.3 is 10.2 Å². The Balaban J connectivity index is 1.68. The fourth-order valence-electron chi connectivity index (χ4n) is 2.84. The number of benzene rings is 1. The molecule has 166 valence electrons. The molecule has 1 aliphatic heterocycles. The number of rotatable bonds is 4. The van der Waals surface area contributed by atoms with Crippen LogP contribution >= 0.6 is 35.2 Å². The molecule has 0 radical (unpaired) electrons. The summed E-state index contributed by atoms with van der Waals surface area (Å²) in [6.07, 6.45) is 1.36. The Bertz CT molecular complexity index is 1470. The fourth-order valence-corrected chi connectivity index (χ4v) is 4.97. The minimum absolute atomic E-state index is 0.0958. The molecule has 14 heteroatoms. The Hall–Kier alpha value is -2.87. The SMILES string of the molecule is CN1C(C(=O)Nc2ccc(F)c(Cl)c2)=CC(c2cc(-c3n[nH]c(=S)n3C)cs2)=NS1(=O)=O. The van der Waals surface area contributed by atoms with Crippen molar-refractivity contribution >= 4 is 62.7 Å². The summed E-state index contributed by atoms with van der Waals surface area (Å²) in [7, 11) is -1.18. The lowest BCUT2D eigenvalue weighted by Crippen LogP contribution is -2.35. The van der Waals surface area contributed by atoms with Crippen molar-refractivity contribution in [1.29, 1.82) is 0 Å². The first-order valence-electron chi connectivity index (χ1n) is 8.84. The molecular weight excluding hydrogens is 499 g/mol. The number of hydrogen-bond acceptors (Lipinski definition) is 6. The Morgan fingerprint density at radius 1 is 1.31 bits per heavy atom. The van der Waals surface area contributed by atoms with Gasteiger partial charge in [-0.2, -0.15) is 13.5 Å². The van der Waals surface area contributed by atoms with Crippen LogP contribution in [0.1, 0.15) is 4.88 Å². The van der Waals surface area contributed by atoms with Crippen LogP contribution in [0.3, 0.4) is 0 Å². The number of thiophene rings is 1. The van der Waals surface area contributed by atoms with Crippen molar-refractivity contribution in [3.05, 3.63) is 61.9 Å². The highest BCUT2D eigenvalue weighted by Crippen LogP contribution is 2.28. The van der Waals surface area contributed by atoms with E-state index in [0.29, 0.717) is 21.0 Å². The van der Waals surface area contributed by atoms with Crippen molar-refractivity contribution in [3.63, 3.8) is 0 Å². The van der Waals surface area contributed by atoms with E-state index in [9.17, 15) is 17.6 Å². The van der Waals surface area contributed by atoms with E-state index < -0.39 is 21.9 Å². The number of nitrogens with zero attached hydrogens (tertiary/aromatic N) is 4. The number of anilines is 1. The van der Waals surface area contributed by atoms with Gasteiger partial charge in [0.1, 0.15) is 11.5 Å². The van der Waals surface area contributed by atoms with E-state index in [-0.39, 0.29) is 22.1 Å². The highest BCUT2D eigenvalue weighted by molar-refractivity contribution is 7.88. The summed E-state index contributed by atoms with van der Waals surface area (Å²) in [5, 5.41) is 11.0. The van der Waals surface area contributed by atoms with Crippen LogP contribution in [-0.4, -0.2) is 46.2 Å². The predicted octanol–water partition coefficient (Wildman–Crippen LogP) is 3.50. The van der Waals surface area contributed by atoms with Crippen LogP contribution in [0.15, 0.2) is 45.8 Å². The van der Waals surface area contributed by atoms with Crippen molar-refractivity contribution in [3.8, 4) is 11.4 Å². The summed E-state index contributed by atoms with van der Waals surface area (Å²) in [5.41, 5.74) is 0.850. The third-order valence-electron chi connectivity index (χ3n) is 4.57. The normalized spacial score (nSPS) is 15.3. The molecule has 4 rings (SSSR count). The first-order chi connectivity index (χ1) is 15.1. The number of halogens is 2. The molecule has 0 saturated carbocycles. The van der Waals surface area contributed by atoms with Gasteiger partial charge in [0.05, 0.1) is 15.6 Å². The Morgan fingerprint density at radius 3 is 2.72 bits per heavy atom. The van der Waals surface area contributed by atoms with E-state index >= 15 is 0 Å². The molecule has 2 aromatic heterocycles. The third-order valence-corrected chi connectivity index (χ3v) is 7.50. The summed E-state index contributed by atoms with van der Waals surface area (Å²) in [6.45, 7) is 0. The van der Waals surface area contributed by atoms with Gasteiger partial charge in [0, 0.05) is 30.7 Å². The van der Waals surface area contributed by atoms with Crippen LogP contribution in [0.2, 0.25) is 5.02 Å². The third kappa shape index (κ3) is 4.11. The number of hydrogen-bond donors (Lipinski definition) is 2. The average Bonchev–Trinajstić information content (AvgIpc) is 3.34. The monoisotopic (exact) mass is 512 g/mol. The summed E-state index contributed by atoms with van der Waals surface area (Å²) in [5.74, 6) is -0.793. The Morgan fingerprint density at radius 2 is 2.06 bits per heavy atom. The molecule has 0 spiro atoms. The number of nitrogens with one attached hydrogen (secondary N) is 2. The molecule has 0 fully saturated rings. The standard InChI is InChI=1S/C18H14ClFN6O3S3/c1-25-16(22-23-18(25)30)9-5-15(31-8-9)13-7-14(26(2)32(28,29)24-13)17(27)21-10-3-4-12(20)11(19)6-10/h3-8H,1-2H3,(H,21,27)(H,23,30). The number of likely N-dealkylation sites (N-methyl/N-ethyl adjacent to an activating group) is 1. The van der Waals surface area contributed by atoms with E-state index in [1.807, 2.05) is 0 Å². The van der Waals surface area contributed by atoms with E-state index in [0.717, 1.165) is 10.4 Å². The molecule has 3 aromatic rings. The van der Waals surface area contributed by atoms with Crippen molar-refractivity contribution in [2.75, 3.05) is 12.4 Å². The molecular formula is C18H14ClFN6O3S3. The van der Waals surface area contributed by atoms with Gasteiger partial charge in [0.2, 0.25) is 0 Å². The van der Waals surface area contributed by atoms with Crippen molar-refractivity contribution in [2.45, 2.75) is 0 Å². The van der Waals surface area contributed by atoms with Crippen LogP contribution in [0.4, 0.5) is 10.1 Å². The Labute approximate surface area is 196 Å².